The van der Waals surface area contributed by atoms with E-state index >= 15 is 0 Å². The van der Waals surface area contributed by atoms with Gasteiger partial charge < -0.3 is 15.4 Å². The molecule has 6 nitrogen and oxygen atoms in total. The lowest BCUT2D eigenvalue weighted by Gasteiger charge is -2.13. The summed E-state index contributed by atoms with van der Waals surface area (Å²) in [5, 5.41) is 21.0. The summed E-state index contributed by atoms with van der Waals surface area (Å²) >= 11 is 0. The summed E-state index contributed by atoms with van der Waals surface area (Å²) in [5.74, 6) is -1.72. The number of halogens is 3. The summed E-state index contributed by atoms with van der Waals surface area (Å²) in [6, 6.07) is 3.15. The van der Waals surface area contributed by atoms with Gasteiger partial charge in [0, 0.05) is 17.9 Å². The van der Waals surface area contributed by atoms with Crippen molar-refractivity contribution in [3.8, 4) is 0 Å². The van der Waals surface area contributed by atoms with Crippen LogP contribution in [0.1, 0.15) is 11.5 Å². The summed E-state index contributed by atoms with van der Waals surface area (Å²) in [5.41, 5.74) is 0.639. The van der Waals surface area contributed by atoms with Gasteiger partial charge in [-0.05, 0) is 19.1 Å². The zero-order valence-corrected chi connectivity index (χ0v) is 10.8. The zero-order valence-electron chi connectivity index (χ0n) is 10.8. The van der Waals surface area contributed by atoms with Crippen molar-refractivity contribution < 1.29 is 23.2 Å². The minimum atomic E-state index is -4.74. The van der Waals surface area contributed by atoms with Crippen LogP contribution in [0.3, 0.4) is 0 Å². The quantitative estimate of drug-likeness (QED) is 0.720. The van der Waals surface area contributed by atoms with E-state index in [1.54, 1.807) is 19.1 Å². The number of nitrogens with one attached hydrogen (secondary N) is 1. The smallest absolute Gasteiger partial charge is 0.423 e. The van der Waals surface area contributed by atoms with Crippen molar-refractivity contribution >= 4 is 24.1 Å². The maximum Gasteiger partial charge on any atom is 0.493 e. The van der Waals surface area contributed by atoms with Crippen LogP contribution in [0, 0.1) is 6.92 Å². The van der Waals surface area contributed by atoms with Crippen molar-refractivity contribution in [1.82, 2.24) is 15.0 Å². The molecule has 0 bridgehead atoms. The Bertz CT molecular complexity index is 652. The van der Waals surface area contributed by atoms with Gasteiger partial charge >= 0.3 is 13.3 Å². The molecule has 0 spiro atoms. The molecule has 3 N–H and O–H groups in total. The molecule has 10 heteroatoms. The minimum absolute atomic E-state index is 0.272. The van der Waals surface area contributed by atoms with Gasteiger partial charge in [-0.3, -0.25) is 4.98 Å². The number of rotatable bonds is 3. The van der Waals surface area contributed by atoms with Crippen LogP contribution >= 0.6 is 0 Å². The predicted molar refractivity (Wildman–Crippen MR) is 69.1 cm³/mol. The highest BCUT2D eigenvalue weighted by atomic mass is 19.4. The average molecular weight is 298 g/mol. The molecular formula is C11H10BF3N4O2. The van der Waals surface area contributed by atoms with Gasteiger partial charge in [0.15, 0.2) is 0 Å². The van der Waals surface area contributed by atoms with E-state index in [0.29, 0.717) is 17.6 Å². The van der Waals surface area contributed by atoms with E-state index in [9.17, 15) is 23.2 Å². The van der Waals surface area contributed by atoms with Crippen molar-refractivity contribution in [3.05, 3.63) is 36.0 Å². The fourth-order valence-corrected chi connectivity index (χ4v) is 1.56. The van der Waals surface area contributed by atoms with Gasteiger partial charge in [0.25, 0.3) is 0 Å². The van der Waals surface area contributed by atoms with Crippen LogP contribution in [-0.2, 0) is 6.18 Å². The average Bonchev–Trinajstić information content (AvgIpc) is 2.40. The molecule has 0 radical (unpaired) electrons. The van der Waals surface area contributed by atoms with E-state index in [1.165, 1.54) is 6.20 Å². The van der Waals surface area contributed by atoms with Crippen molar-refractivity contribution in [2.45, 2.75) is 13.1 Å². The first-order valence-electron chi connectivity index (χ1n) is 5.78. The van der Waals surface area contributed by atoms with Crippen LogP contribution in [0.4, 0.5) is 24.7 Å². The van der Waals surface area contributed by atoms with Crippen LogP contribution in [0.5, 0.6) is 0 Å². The van der Waals surface area contributed by atoms with Crippen LogP contribution in [0.25, 0.3) is 0 Å². The molecule has 0 saturated heterocycles. The van der Waals surface area contributed by atoms with E-state index in [0.717, 1.165) is 0 Å². The van der Waals surface area contributed by atoms with Crippen molar-refractivity contribution in [2.24, 2.45) is 0 Å². The molecular weight excluding hydrogens is 288 g/mol. The maximum absolute atomic E-state index is 12.6. The Kier molecular flexibility index (Phi) is 4.10. The summed E-state index contributed by atoms with van der Waals surface area (Å²) in [6.45, 7) is 1.64. The van der Waals surface area contributed by atoms with Crippen LogP contribution < -0.4 is 10.8 Å². The number of pyridine rings is 1. The van der Waals surface area contributed by atoms with E-state index in [2.05, 4.69) is 20.3 Å². The standard InChI is InChI=1S/C11H10BF3N4O2/c1-6-8(3-2-4-16-6)18-9-7(12(20)21)5-17-10(19-9)11(13,14)15/h2-5,20-21H,1H3,(H,17,18,19). The largest absolute Gasteiger partial charge is 0.493 e. The van der Waals surface area contributed by atoms with Gasteiger partial charge in [0.1, 0.15) is 5.82 Å². The van der Waals surface area contributed by atoms with Crippen LogP contribution in [0.15, 0.2) is 24.5 Å². The second kappa shape index (κ2) is 5.66. The highest BCUT2D eigenvalue weighted by molar-refractivity contribution is 6.60. The molecule has 21 heavy (non-hydrogen) atoms. The maximum atomic E-state index is 12.6. The number of aromatic nitrogens is 3. The van der Waals surface area contributed by atoms with Crippen LogP contribution in [-0.4, -0.2) is 32.1 Å². The van der Waals surface area contributed by atoms with E-state index < -0.39 is 19.1 Å². The summed E-state index contributed by atoms with van der Waals surface area (Å²) < 4.78 is 37.9. The molecule has 2 aromatic rings. The van der Waals surface area contributed by atoms with E-state index in [4.69, 9.17) is 0 Å². The number of alkyl halides is 3. The Hall–Kier alpha value is -2.20. The minimum Gasteiger partial charge on any atom is -0.423 e. The van der Waals surface area contributed by atoms with E-state index in [-0.39, 0.29) is 11.3 Å². The van der Waals surface area contributed by atoms with Gasteiger partial charge in [-0.25, -0.2) is 9.97 Å². The lowest BCUT2D eigenvalue weighted by atomic mass is 9.81. The summed E-state index contributed by atoms with van der Waals surface area (Å²) in [7, 11) is -2.01. The first kappa shape index (κ1) is 15.2. The fourth-order valence-electron chi connectivity index (χ4n) is 1.56. The topological polar surface area (TPSA) is 91.2 Å². The molecule has 0 atom stereocenters. The Labute approximate surface area is 117 Å². The van der Waals surface area contributed by atoms with Gasteiger partial charge in [-0.15, -0.1) is 0 Å². The van der Waals surface area contributed by atoms with Gasteiger partial charge in [-0.1, -0.05) is 0 Å². The first-order valence-corrected chi connectivity index (χ1v) is 5.78. The fraction of sp³-hybridized carbons (Fsp3) is 0.182. The molecule has 0 unspecified atom stereocenters. The Morgan fingerprint density at radius 2 is 1.95 bits per heavy atom. The molecule has 0 saturated carbocycles. The van der Waals surface area contributed by atoms with Gasteiger partial charge in [-0.2, -0.15) is 13.2 Å². The third-order valence-electron chi connectivity index (χ3n) is 2.61. The molecule has 2 aromatic heterocycles. The van der Waals surface area contributed by atoms with Crippen molar-refractivity contribution in [3.63, 3.8) is 0 Å². The number of aryl methyl sites for hydroxylation is 1. The van der Waals surface area contributed by atoms with Crippen molar-refractivity contribution in [2.75, 3.05) is 5.32 Å². The third kappa shape index (κ3) is 3.47. The highest BCUT2D eigenvalue weighted by Crippen LogP contribution is 2.26. The van der Waals surface area contributed by atoms with Crippen molar-refractivity contribution in [1.29, 1.82) is 0 Å². The van der Waals surface area contributed by atoms with Gasteiger partial charge in [0.2, 0.25) is 5.82 Å². The zero-order chi connectivity index (χ0) is 15.6. The molecule has 0 fully saturated rings. The number of nitrogens with zero attached hydrogens (tertiary/aromatic N) is 3. The lowest BCUT2D eigenvalue weighted by Crippen LogP contribution is -2.34. The predicted octanol–water partition coefficient (Wildman–Crippen LogP) is 0.622. The SMILES string of the molecule is Cc1ncccc1Nc1nc(C(F)(F)F)ncc1B(O)O. The normalized spacial score (nSPS) is 11.3. The van der Waals surface area contributed by atoms with E-state index in [1.807, 2.05) is 0 Å². The summed E-state index contributed by atoms with van der Waals surface area (Å²) in [6.07, 6.45) is -2.50. The Balaban J connectivity index is 2.47. The Morgan fingerprint density at radius 3 is 2.52 bits per heavy atom. The molecule has 0 aliphatic rings. The number of hydrogen-bond donors (Lipinski definition) is 3. The number of hydrogen-bond acceptors (Lipinski definition) is 6. The molecule has 2 rings (SSSR count). The molecule has 110 valence electrons. The number of anilines is 2. The first-order chi connectivity index (χ1) is 9.79. The molecule has 2 heterocycles. The molecule has 0 aromatic carbocycles. The third-order valence-corrected chi connectivity index (χ3v) is 2.61. The highest BCUT2D eigenvalue weighted by Gasteiger charge is 2.36. The second-order valence-corrected chi connectivity index (χ2v) is 4.13. The Morgan fingerprint density at radius 1 is 1.24 bits per heavy atom. The van der Waals surface area contributed by atoms with Gasteiger partial charge in [0.05, 0.1) is 11.4 Å². The monoisotopic (exact) mass is 298 g/mol. The molecule has 0 aliphatic heterocycles. The van der Waals surface area contributed by atoms with Crippen LogP contribution in [0.2, 0.25) is 0 Å². The molecule has 0 aliphatic carbocycles. The second-order valence-electron chi connectivity index (χ2n) is 4.13. The lowest BCUT2D eigenvalue weighted by molar-refractivity contribution is -0.144. The molecule has 0 amide bonds. The summed E-state index contributed by atoms with van der Waals surface area (Å²) in [4.78, 5) is 10.4.